The molecule has 1 N–H and O–H groups in total. The zero-order chi connectivity index (χ0) is 13.0. The quantitative estimate of drug-likeness (QED) is 0.822. The Morgan fingerprint density at radius 3 is 2.61 bits per heavy atom. The maximum absolute atomic E-state index is 12.8. The Morgan fingerprint density at radius 1 is 1.22 bits per heavy atom. The van der Waals surface area contributed by atoms with E-state index in [0.29, 0.717) is 0 Å². The van der Waals surface area contributed by atoms with E-state index < -0.39 is 6.10 Å². The molecule has 0 radical (unpaired) electrons. The minimum atomic E-state index is -0.604. The average Bonchev–Trinajstić information content (AvgIpc) is 2.77. The van der Waals surface area contributed by atoms with E-state index in [1.165, 1.54) is 17.0 Å². The molecule has 1 aromatic carbocycles. The van der Waals surface area contributed by atoms with Crippen molar-refractivity contribution in [3.05, 3.63) is 57.5 Å². The first-order chi connectivity index (χ1) is 8.63. The Hall–Kier alpha value is -1.63. The lowest BCUT2D eigenvalue weighted by atomic mass is 10.1. The van der Waals surface area contributed by atoms with Crippen molar-refractivity contribution in [1.82, 2.24) is 0 Å². The highest BCUT2D eigenvalue weighted by Gasteiger charge is 2.00. The van der Waals surface area contributed by atoms with Crippen molar-refractivity contribution in [2.45, 2.75) is 19.4 Å². The van der Waals surface area contributed by atoms with Crippen LogP contribution in [0.5, 0.6) is 0 Å². The summed E-state index contributed by atoms with van der Waals surface area (Å²) in [6.45, 7) is 1.64. The second-order valence-electron chi connectivity index (χ2n) is 4.01. The monoisotopic (exact) mass is 260 g/mol. The Balaban J connectivity index is 2.07. The Bertz CT molecular complexity index is 573. The highest BCUT2D eigenvalue weighted by Crippen LogP contribution is 2.19. The lowest BCUT2D eigenvalue weighted by Gasteiger charge is -1.97. The molecule has 0 spiro atoms. The molecule has 18 heavy (non-hydrogen) atoms. The van der Waals surface area contributed by atoms with Gasteiger partial charge in [0.15, 0.2) is 0 Å². The first-order valence-corrected chi connectivity index (χ1v) is 6.48. The van der Waals surface area contributed by atoms with Crippen molar-refractivity contribution in [2.24, 2.45) is 0 Å². The van der Waals surface area contributed by atoms with Crippen molar-refractivity contribution in [2.75, 3.05) is 0 Å². The van der Waals surface area contributed by atoms with Gasteiger partial charge in [0.1, 0.15) is 11.9 Å². The zero-order valence-electron chi connectivity index (χ0n) is 9.98. The van der Waals surface area contributed by atoms with Crippen molar-refractivity contribution in [3.8, 4) is 11.8 Å². The van der Waals surface area contributed by atoms with E-state index in [4.69, 9.17) is 5.11 Å². The first-order valence-electron chi connectivity index (χ1n) is 5.66. The van der Waals surface area contributed by atoms with Crippen molar-refractivity contribution in [3.63, 3.8) is 0 Å². The molecule has 1 atom stereocenters. The number of hydrogen-bond acceptors (Lipinski definition) is 2. The van der Waals surface area contributed by atoms with E-state index in [1.807, 2.05) is 12.1 Å². The van der Waals surface area contributed by atoms with E-state index in [1.54, 1.807) is 30.4 Å². The molecule has 1 aromatic heterocycles. The summed E-state index contributed by atoms with van der Waals surface area (Å²) in [7, 11) is 0. The fraction of sp³-hybridized carbons (Fsp3) is 0.200. The van der Waals surface area contributed by atoms with Crippen LogP contribution in [0.3, 0.4) is 0 Å². The summed E-state index contributed by atoms with van der Waals surface area (Å²) in [6, 6.07) is 10.5. The van der Waals surface area contributed by atoms with Gasteiger partial charge in [-0.05, 0) is 36.8 Å². The largest absolute Gasteiger partial charge is 0.381 e. The fourth-order valence-corrected chi connectivity index (χ4v) is 2.42. The molecule has 2 aromatic rings. The molecule has 0 bridgehead atoms. The van der Waals surface area contributed by atoms with Gasteiger partial charge in [-0.15, -0.1) is 11.3 Å². The van der Waals surface area contributed by atoms with Gasteiger partial charge in [0.25, 0.3) is 0 Å². The van der Waals surface area contributed by atoms with Crippen LogP contribution in [0.15, 0.2) is 36.4 Å². The third-order valence-corrected chi connectivity index (χ3v) is 3.36. The smallest absolute Gasteiger partial charge is 0.123 e. The fourth-order valence-electron chi connectivity index (χ4n) is 1.52. The van der Waals surface area contributed by atoms with Gasteiger partial charge in [0.05, 0.1) is 4.88 Å². The molecular formula is C15H13FOS. The summed E-state index contributed by atoms with van der Waals surface area (Å²) in [5.41, 5.74) is 1.08. The van der Waals surface area contributed by atoms with E-state index in [0.717, 1.165) is 16.9 Å². The molecule has 92 valence electrons. The summed E-state index contributed by atoms with van der Waals surface area (Å²) in [5.74, 6) is 5.42. The molecule has 3 heteroatoms. The van der Waals surface area contributed by atoms with E-state index >= 15 is 0 Å². The van der Waals surface area contributed by atoms with Crippen LogP contribution in [0.1, 0.15) is 22.2 Å². The molecular weight excluding hydrogens is 247 g/mol. The number of rotatable bonds is 2. The normalized spacial score (nSPS) is 11.7. The maximum Gasteiger partial charge on any atom is 0.123 e. The zero-order valence-corrected chi connectivity index (χ0v) is 10.8. The number of benzene rings is 1. The lowest BCUT2D eigenvalue weighted by Crippen LogP contribution is -1.91. The Morgan fingerprint density at radius 2 is 1.94 bits per heavy atom. The van der Waals surface area contributed by atoms with Gasteiger partial charge in [-0.25, -0.2) is 4.39 Å². The van der Waals surface area contributed by atoms with Crippen LogP contribution in [0.2, 0.25) is 0 Å². The summed E-state index contributed by atoms with van der Waals surface area (Å²) >= 11 is 1.60. The number of halogens is 1. The molecule has 2 rings (SSSR count). The lowest BCUT2D eigenvalue weighted by molar-refractivity contribution is 0.253. The number of thiophene rings is 1. The second kappa shape index (κ2) is 5.81. The van der Waals surface area contributed by atoms with Crippen molar-refractivity contribution >= 4 is 11.3 Å². The van der Waals surface area contributed by atoms with Crippen molar-refractivity contribution < 1.29 is 9.50 Å². The van der Waals surface area contributed by atoms with Gasteiger partial charge in [0, 0.05) is 11.3 Å². The number of aliphatic hydroxyl groups is 1. The van der Waals surface area contributed by atoms with Gasteiger partial charge in [-0.2, -0.15) is 0 Å². The van der Waals surface area contributed by atoms with Crippen LogP contribution in [-0.4, -0.2) is 11.2 Å². The minimum Gasteiger partial charge on any atom is -0.381 e. The molecule has 1 nitrogen and oxygen atoms in total. The van der Waals surface area contributed by atoms with E-state index in [-0.39, 0.29) is 5.82 Å². The molecule has 0 amide bonds. The van der Waals surface area contributed by atoms with Crippen LogP contribution in [0, 0.1) is 17.7 Å². The third-order valence-electron chi connectivity index (χ3n) is 2.36. The maximum atomic E-state index is 12.8. The topological polar surface area (TPSA) is 20.2 Å². The molecule has 0 saturated heterocycles. The van der Waals surface area contributed by atoms with Crippen LogP contribution in [-0.2, 0) is 6.42 Å². The van der Waals surface area contributed by atoms with Gasteiger partial charge >= 0.3 is 0 Å². The molecule has 0 fully saturated rings. The van der Waals surface area contributed by atoms with Crippen LogP contribution in [0.25, 0.3) is 0 Å². The average molecular weight is 260 g/mol. The Labute approximate surface area is 110 Å². The standard InChI is InChI=1S/C15H13FOS/c1-11(17)2-7-14-8-9-15(18-14)10-12-3-5-13(16)6-4-12/h3-6,8-9,11,17H,10H2,1H3/t11-/m1/s1. The summed E-state index contributed by atoms with van der Waals surface area (Å²) < 4.78 is 12.8. The van der Waals surface area contributed by atoms with Gasteiger partial charge in [-0.1, -0.05) is 24.0 Å². The third kappa shape index (κ3) is 3.69. The summed E-state index contributed by atoms with van der Waals surface area (Å²) in [4.78, 5) is 2.12. The summed E-state index contributed by atoms with van der Waals surface area (Å²) in [6.07, 6.45) is 0.175. The SMILES string of the molecule is C[C@@H](O)C#Cc1ccc(Cc2ccc(F)cc2)s1. The molecule has 0 saturated carbocycles. The van der Waals surface area contributed by atoms with E-state index in [9.17, 15) is 4.39 Å². The van der Waals surface area contributed by atoms with E-state index in [2.05, 4.69) is 11.8 Å². The number of aliphatic hydroxyl groups excluding tert-OH is 1. The molecule has 0 aliphatic carbocycles. The molecule has 1 heterocycles. The Kier molecular flexibility index (Phi) is 4.14. The van der Waals surface area contributed by atoms with Gasteiger partial charge in [-0.3, -0.25) is 0 Å². The van der Waals surface area contributed by atoms with Gasteiger partial charge in [0.2, 0.25) is 0 Å². The molecule has 0 aliphatic rings. The minimum absolute atomic E-state index is 0.214. The predicted molar refractivity (Wildman–Crippen MR) is 72.1 cm³/mol. The predicted octanol–water partition coefficient (Wildman–Crippen LogP) is 3.21. The number of hydrogen-bond donors (Lipinski definition) is 1. The molecule has 0 unspecified atom stereocenters. The second-order valence-corrected chi connectivity index (χ2v) is 5.18. The highest BCUT2D eigenvalue weighted by atomic mass is 32.1. The molecule has 0 aliphatic heterocycles. The highest BCUT2D eigenvalue weighted by molar-refractivity contribution is 7.12. The summed E-state index contributed by atoms with van der Waals surface area (Å²) in [5, 5.41) is 9.08. The van der Waals surface area contributed by atoms with Crippen molar-refractivity contribution in [1.29, 1.82) is 0 Å². The van der Waals surface area contributed by atoms with Gasteiger partial charge < -0.3 is 5.11 Å². The van der Waals surface area contributed by atoms with Crippen LogP contribution in [0.4, 0.5) is 4.39 Å². The first kappa shape index (κ1) is 12.8. The van der Waals surface area contributed by atoms with Crippen LogP contribution >= 0.6 is 11.3 Å². The van der Waals surface area contributed by atoms with Crippen LogP contribution < -0.4 is 0 Å².